The molecule has 3 N–H and O–H groups in total. The van der Waals surface area contributed by atoms with Crippen molar-refractivity contribution < 1.29 is 19.1 Å². The van der Waals surface area contributed by atoms with Crippen LogP contribution in [0, 0.1) is 18.3 Å². The summed E-state index contributed by atoms with van der Waals surface area (Å²) in [5.41, 5.74) is 7.98. The molecule has 1 aliphatic rings. The van der Waals surface area contributed by atoms with Crippen LogP contribution in [0.2, 0.25) is 0 Å². The van der Waals surface area contributed by atoms with E-state index in [0.717, 1.165) is 27.5 Å². The Morgan fingerprint density at radius 2 is 1.92 bits per heavy atom. The lowest BCUT2D eigenvalue weighted by atomic mass is 9.83. The first-order chi connectivity index (χ1) is 17.3. The second-order valence-corrected chi connectivity index (χ2v) is 8.96. The SMILES string of the molecule is COC(=O)C=c1sc2n(c1=O)C(N)=C(C#N)C(c1ccc(OC)cc1)C=2C(=O)Nc1cccc(C)c1. The summed E-state index contributed by atoms with van der Waals surface area (Å²) in [5, 5.41) is 12.9. The van der Waals surface area contributed by atoms with Crippen LogP contribution in [0.25, 0.3) is 17.5 Å². The molecule has 1 atom stereocenters. The summed E-state index contributed by atoms with van der Waals surface area (Å²) in [6, 6.07) is 16.2. The normalized spacial score (nSPS) is 15.2. The lowest BCUT2D eigenvalue weighted by Crippen LogP contribution is -2.40. The van der Waals surface area contributed by atoms with E-state index in [-0.39, 0.29) is 26.2 Å². The molecule has 0 radical (unpaired) electrons. The van der Waals surface area contributed by atoms with Crippen molar-refractivity contribution in [2.24, 2.45) is 5.73 Å². The molecule has 9 nitrogen and oxygen atoms in total. The van der Waals surface area contributed by atoms with Crippen LogP contribution < -0.4 is 30.5 Å². The number of thiazole rings is 1. The second kappa shape index (κ2) is 9.93. The Balaban J connectivity index is 2.04. The number of aromatic nitrogens is 1. The summed E-state index contributed by atoms with van der Waals surface area (Å²) < 4.78 is 11.2. The molecule has 0 bridgehead atoms. The van der Waals surface area contributed by atoms with E-state index in [4.69, 9.17) is 10.5 Å². The number of fused-ring (bicyclic) bond motifs is 1. The van der Waals surface area contributed by atoms with Gasteiger partial charge in [0.25, 0.3) is 11.5 Å². The highest BCUT2D eigenvalue weighted by atomic mass is 32.1. The van der Waals surface area contributed by atoms with Crippen molar-refractivity contribution in [1.29, 1.82) is 5.26 Å². The minimum atomic E-state index is -0.866. The number of esters is 1. The van der Waals surface area contributed by atoms with Crippen LogP contribution in [0.1, 0.15) is 17.0 Å². The molecule has 1 aromatic heterocycles. The number of rotatable bonds is 5. The van der Waals surface area contributed by atoms with Gasteiger partial charge in [-0.05, 0) is 42.3 Å². The van der Waals surface area contributed by atoms with E-state index >= 15 is 0 Å². The largest absolute Gasteiger partial charge is 0.497 e. The molecule has 1 aliphatic heterocycles. The van der Waals surface area contributed by atoms with Crippen LogP contribution in [0.5, 0.6) is 5.75 Å². The van der Waals surface area contributed by atoms with E-state index in [2.05, 4.69) is 16.1 Å². The highest BCUT2D eigenvalue weighted by Crippen LogP contribution is 2.37. The van der Waals surface area contributed by atoms with Crippen LogP contribution >= 0.6 is 11.3 Å². The summed E-state index contributed by atoms with van der Waals surface area (Å²) in [6.07, 6.45) is 1.04. The van der Waals surface area contributed by atoms with Gasteiger partial charge in [0.05, 0.1) is 37.4 Å². The number of hydrogen-bond acceptors (Lipinski definition) is 8. The van der Waals surface area contributed by atoms with Gasteiger partial charge in [-0.15, -0.1) is 11.3 Å². The van der Waals surface area contributed by atoms with Crippen LogP contribution in [-0.2, 0) is 14.3 Å². The second-order valence-electron chi connectivity index (χ2n) is 7.93. The molecule has 1 amide bonds. The van der Waals surface area contributed by atoms with Crippen molar-refractivity contribution in [2.75, 3.05) is 19.5 Å². The van der Waals surface area contributed by atoms with Crippen molar-refractivity contribution in [3.05, 3.63) is 84.8 Å². The van der Waals surface area contributed by atoms with Crippen molar-refractivity contribution >= 4 is 46.4 Å². The third kappa shape index (κ3) is 4.39. The van der Waals surface area contributed by atoms with Gasteiger partial charge in [0.2, 0.25) is 0 Å². The van der Waals surface area contributed by atoms with Gasteiger partial charge in [-0.25, -0.2) is 4.79 Å². The number of nitrogens with one attached hydrogen (secondary N) is 1. The van der Waals surface area contributed by atoms with Gasteiger partial charge in [0, 0.05) is 11.8 Å². The smallest absolute Gasteiger partial charge is 0.332 e. The first-order valence-electron chi connectivity index (χ1n) is 10.8. The van der Waals surface area contributed by atoms with E-state index < -0.39 is 23.4 Å². The average molecular weight is 503 g/mol. The molecule has 1 unspecified atom stereocenters. The fourth-order valence-corrected chi connectivity index (χ4v) is 5.12. The predicted octanol–water partition coefficient (Wildman–Crippen LogP) is 1.42. The molecule has 182 valence electrons. The third-order valence-electron chi connectivity index (χ3n) is 5.69. The van der Waals surface area contributed by atoms with Crippen LogP contribution in [0.15, 0.2) is 58.9 Å². The number of carbonyl (C=O) groups is 2. The minimum Gasteiger partial charge on any atom is -0.497 e. The number of nitrogens with two attached hydrogens (primary N) is 1. The van der Waals surface area contributed by atoms with Crippen molar-refractivity contribution in [3.63, 3.8) is 0 Å². The highest BCUT2D eigenvalue weighted by Gasteiger charge is 2.35. The first-order valence-corrected chi connectivity index (χ1v) is 11.6. The number of methoxy groups -OCH3 is 2. The Morgan fingerprint density at radius 3 is 2.53 bits per heavy atom. The number of allylic oxidation sites excluding steroid dienone is 1. The molecule has 10 heteroatoms. The predicted molar refractivity (Wildman–Crippen MR) is 136 cm³/mol. The molecule has 0 saturated heterocycles. The Kier molecular flexibility index (Phi) is 6.76. The lowest BCUT2D eigenvalue weighted by molar-refractivity contribution is -0.133. The summed E-state index contributed by atoms with van der Waals surface area (Å²) in [6.45, 7) is 1.90. The molecule has 2 heterocycles. The molecule has 3 aromatic rings. The topological polar surface area (TPSA) is 136 Å². The average Bonchev–Trinajstić information content (AvgIpc) is 3.19. The molecular weight excluding hydrogens is 480 g/mol. The molecule has 0 spiro atoms. The van der Waals surface area contributed by atoms with E-state index in [1.807, 2.05) is 13.0 Å². The summed E-state index contributed by atoms with van der Waals surface area (Å²) in [4.78, 5) is 38.8. The maximum absolute atomic E-state index is 13.8. The molecule has 0 saturated carbocycles. The van der Waals surface area contributed by atoms with Gasteiger partial charge in [0.15, 0.2) is 0 Å². The molecule has 4 rings (SSSR count). The molecule has 0 aliphatic carbocycles. The molecule has 0 fully saturated rings. The number of nitriles is 1. The molecule has 2 aromatic carbocycles. The third-order valence-corrected chi connectivity index (χ3v) is 6.80. The minimum absolute atomic E-state index is 0.0216. The Labute approximate surface area is 210 Å². The van der Waals surface area contributed by atoms with Gasteiger partial charge in [0.1, 0.15) is 20.8 Å². The number of carbonyl (C=O) groups excluding carboxylic acids is 2. The Morgan fingerprint density at radius 1 is 1.19 bits per heavy atom. The van der Waals surface area contributed by atoms with E-state index in [0.29, 0.717) is 17.0 Å². The fraction of sp³-hybridized carbons (Fsp3) is 0.154. The van der Waals surface area contributed by atoms with Crippen molar-refractivity contribution in [1.82, 2.24) is 4.57 Å². The fourth-order valence-electron chi connectivity index (χ4n) is 3.98. The first kappa shape index (κ1) is 24.5. The van der Waals surface area contributed by atoms with Crippen molar-refractivity contribution in [3.8, 4) is 11.8 Å². The lowest BCUT2D eigenvalue weighted by Gasteiger charge is -2.25. The van der Waals surface area contributed by atoms with Crippen LogP contribution in [-0.4, -0.2) is 30.7 Å². The van der Waals surface area contributed by atoms with Gasteiger partial charge in [-0.2, -0.15) is 5.26 Å². The van der Waals surface area contributed by atoms with E-state index in [9.17, 15) is 19.6 Å². The number of nitrogens with zero attached hydrogens (tertiary/aromatic N) is 2. The standard InChI is InChI=1S/C26H22N4O5S/c1-14-5-4-6-16(11-14)29-24(32)22-21(15-7-9-17(34-2)10-8-15)18(13-27)23(28)30-25(33)19(36-26(22)30)12-20(31)35-3/h4-12,21H,28H2,1-3H3,(H,29,32). The zero-order chi connectivity index (χ0) is 26.0. The number of benzene rings is 2. The molecular formula is C26H22N4O5S. The highest BCUT2D eigenvalue weighted by molar-refractivity contribution is 7.07. The number of amides is 1. The summed E-state index contributed by atoms with van der Waals surface area (Å²) >= 11 is 0.926. The van der Waals surface area contributed by atoms with Gasteiger partial charge >= 0.3 is 5.97 Å². The van der Waals surface area contributed by atoms with Crippen LogP contribution in [0.4, 0.5) is 5.69 Å². The van der Waals surface area contributed by atoms with E-state index in [1.54, 1.807) is 42.5 Å². The van der Waals surface area contributed by atoms with Crippen LogP contribution in [0.3, 0.4) is 0 Å². The summed E-state index contributed by atoms with van der Waals surface area (Å²) in [5.74, 6) is -1.62. The zero-order valence-corrected chi connectivity index (χ0v) is 20.5. The van der Waals surface area contributed by atoms with Gasteiger partial charge < -0.3 is 20.5 Å². The number of ether oxygens (including phenoxy) is 2. The maximum Gasteiger partial charge on any atom is 0.332 e. The van der Waals surface area contributed by atoms with E-state index in [1.165, 1.54) is 14.2 Å². The molecule has 36 heavy (non-hydrogen) atoms. The Bertz CT molecular complexity index is 1620. The number of anilines is 1. The maximum atomic E-state index is 13.8. The number of aryl methyl sites for hydroxylation is 1. The summed E-state index contributed by atoms with van der Waals surface area (Å²) in [7, 11) is 2.73. The number of hydrogen-bond donors (Lipinski definition) is 2. The van der Waals surface area contributed by atoms with Gasteiger partial charge in [-0.1, -0.05) is 24.3 Å². The quantitative estimate of drug-likeness (QED) is 0.504. The van der Waals surface area contributed by atoms with Crippen molar-refractivity contribution in [2.45, 2.75) is 12.8 Å². The van der Waals surface area contributed by atoms with Gasteiger partial charge in [-0.3, -0.25) is 14.2 Å². The Hall–Kier alpha value is -4.62. The zero-order valence-electron chi connectivity index (χ0n) is 19.7. The monoisotopic (exact) mass is 502 g/mol.